The predicted octanol–water partition coefficient (Wildman–Crippen LogP) is 5.39. The van der Waals surface area contributed by atoms with Crippen LogP contribution in [-0.4, -0.2) is 18.0 Å². The Morgan fingerprint density at radius 2 is 1.62 bits per heavy atom. The minimum absolute atomic E-state index is 0.0238. The highest BCUT2D eigenvalue weighted by molar-refractivity contribution is 7.22. The summed E-state index contributed by atoms with van der Waals surface area (Å²) in [5.74, 6) is 0.749. The van der Waals surface area contributed by atoms with Gasteiger partial charge in [0.1, 0.15) is 11.3 Å². The Balaban J connectivity index is 1.74. The molecule has 0 aliphatic carbocycles. The van der Waals surface area contributed by atoms with Crippen molar-refractivity contribution in [2.75, 3.05) is 12.0 Å². The van der Waals surface area contributed by atoms with Crippen molar-refractivity contribution in [2.24, 2.45) is 0 Å². The summed E-state index contributed by atoms with van der Waals surface area (Å²) < 4.78 is 6.54. The van der Waals surface area contributed by atoms with E-state index in [4.69, 9.17) is 9.72 Å². The molecule has 0 radical (unpaired) electrons. The Bertz CT molecular complexity index is 1120. The molecule has 4 rings (SSSR count). The average molecular weight is 403 g/mol. The van der Waals surface area contributed by atoms with E-state index in [2.05, 4.69) is 6.92 Å². The Hall–Kier alpha value is -3.18. The van der Waals surface area contributed by atoms with Crippen molar-refractivity contribution in [1.29, 1.82) is 0 Å². The number of anilines is 1. The Morgan fingerprint density at radius 1 is 0.966 bits per heavy atom. The molecule has 4 aromatic rings. The summed E-state index contributed by atoms with van der Waals surface area (Å²) in [6, 6.07) is 23.8. The van der Waals surface area contributed by atoms with Gasteiger partial charge >= 0.3 is 0 Å². The fourth-order valence-corrected chi connectivity index (χ4v) is 4.34. The van der Waals surface area contributed by atoms with Crippen LogP contribution in [0.15, 0.2) is 72.8 Å². The van der Waals surface area contributed by atoms with E-state index in [-0.39, 0.29) is 5.91 Å². The number of methoxy groups -OCH3 is 1. The molecule has 0 aliphatic heterocycles. The number of rotatable bonds is 6. The lowest BCUT2D eigenvalue weighted by Crippen LogP contribution is -2.31. The molecule has 0 unspecified atom stereocenters. The van der Waals surface area contributed by atoms with Gasteiger partial charge in [0.05, 0.1) is 24.8 Å². The van der Waals surface area contributed by atoms with Crippen LogP contribution in [-0.2, 0) is 17.8 Å². The van der Waals surface area contributed by atoms with Crippen molar-refractivity contribution in [3.8, 4) is 5.75 Å². The van der Waals surface area contributed by atoms with Crippen LogP contribution >= 0.6 is 11.3 Å². The second kappa shape index (κ2) is 8.45. The van der Waals surface area contributed by atoms with Crippen LogP contribution in [0, 0.1) is 6.92 Å². The number of nitrogens with zero attached hydrogens (tertiary/aromatic N) is 2. The van der Waals surface area contributed by atoms with Gasteiger partial charge in [-0.25, -0.2) is 4.98 Å². The van der Waals surface area contributed by atoms with Crippen LogP contribution in [0.4, 0.5) is 5.13 Å². The molecule has 0 saturated heterocycles. The highest BCUT2D eigenvalue weighted by Crippen LogP contribution is 2.37. The topological polar surface area (TPSA) is 42.4 Å². The third-order valence-electron chi connectivity index (χ3n) is 4.83. The molecule has 3 aromatic carbocycles. The molecule has 1 aromatic heterocycles. The van der Waals surface area contributed by atoms with E-state index in [1.165, 1.54) is 11.3 Å². The smallest absolute Gasteiger partial charge is 0.233 e. The maximum absolute atomic E-state index is 13.3. The second-order valence-electron chi connectivity index (χ2n) is 6.89. The standard InChI is InChI=1S/C24H22N2O2S/c1-17-13-14-20(28-2)22-23(17)29-24(25-22)26(16-19-11-7-4-8-12-19)21(27)15-18-9-5-3-6-10-18/h3-14H,15-16H2,1-2H3. The van der Waals surface area contributed by atoms with Crippen LogP contribution in [0.3, 0.4) is 0 Å². The van der Waals surface area contributed by atoms with Crippen LogP contribution < -0.4 is 9.64 Å². The zero-order valence-electron chi connectivity index (χ0n) is 16.5. The number of thiazole rings is 1. The summed E-state index contributed by atoms with van der Waals surface area (Å²) >= 11 is 1.53. The molecule has 1 heterocycles. The number of carbonyl (C=O) groups is 1. The number of hydrogen-bond donors (Lipinski definition) is 0. The van der Waals surface area contributed by atoms with Crippen molar-refractivity contribution >= 4 is 32.6 Å². The van der Waals surface area contributed by atoms with E-state index in [9.17, 15) is 4.79 Å². The fourth-order valence-electron chi connectivity index (χ4n) is 3.27. The molecule has 146 valence electrons. The highest BCUT2D eigenvalue weighted by atomic mass is 32.1. The average Bonchev–Trinajstić information content (AvgIpc) is 3.20. The van der Waals surface area contributed by atoms with E-state index in [0.717, 1.165) is 32.7 Å². The SMILES string of the molecule is COc1ccc(C)c2sc(N(Cc3ccccc3)C(=O)Cc3ccccc3)nc12. The molecule has 0 atom stereocenters. The van der Waals surface area contributed by atoms with Crippen LogP contribution in [0.1, 0.15) is 16.7 Å². The van der Waals surface area contributed by atoms with Gasteiger partial charge in [-0.2, -0.15) is 0 Å². The summed E-state index contributed by atoms with van der Waals surface area (Å²) in [6.07, 6.45) is 0.333. The van der Waals surface area contributed by atoms with Gasteiger partial charge in [-0.05, 0) is 29.7 Å². The molecule has 4 nitrogen and oxygen atoms in total. The predicted molar refractivity (Wildman–Crippen MR) is 119 cm³/mol. The zero-order chi connectivity index (χ0) is 20.2. The third-order valence-corrected chi connectivity index (χ3v) is 6.04. The maximum atomic E-state index is 13.3. The molecular formula is C24H22N2O2S. The first-order valence-corrected chi connectivity index (χ1v) is 10.3. The van der Waals surface area contributed by atoms with Crippen molar-refractivity contribution in [3.63, 3.8) is 0 Å². The Morgan fingerprint density at radius 3 is 2.28 bits per heavy atom. The number of benzene rings is 3. The normalized spacial score (nSPS) is 10.8. The number of amides is 1. The summed E-state index contributed by atoms with van der Waals surface area (Å²) in [7, 11) is 1.64. The lowest BCUT2D eigenvalue weighted by molar-refractivity contribution is -0.118. The van der Waals surface area contributed by atoms with Gasteiger partial charge in [0, 0.05) is 0 Å². The minimum Gasteiger partial charge on any atom is -0.494 e. The molecule has 0 bridgehead atoms. The van der Waals surface area contributed by atoms with Gasteiger partial charge in [0.25, 0.3) is 0 Å². The van der Waals surface area contributed by atoms with Gasteiger partial charge < -0.3 is 4.74 Å². The summed E-state index contributed by atoms with van der Waals surface area (Å²) in [5.41, 5.74) is 3.99. The lowest BCUT2D eigenvalue weighted by atomic mass is 10.1. The van der Waals surface area contributed by atoms with Crippen molar-refractivity contribution < 1.29 is 9.53 Å². The summed E-state index contributed by atoms with van der Waals surface area (Å²) in [6.45, 7) is 2.53. The Labute approximate surface area is 174 Å². The first-order valence-electron chi connectivity index (χ1n) is 9.48. The van der Waals surface area contributed by atoms with E-state index in [1.807, 2.05) is 72.8 Å². The molecular weight excluding hydrogens is 380 g/mol. The zero-order valence-corrected chi connectivity index (χ0v) is 17.3. The summed E-state index contributed by atoms with van der Waals surface area (Å²) in [5, 5.41) is 0.692. The number of fused-ring (bicyclic) bond motifs is 1. The van der Waals surface area contributed by atoms with Crippen molar-refractivity contribution in [1.82, 2.24) is 4.98 Å². The number of hydrogen-bond acceptors (Lipinski definition) is 4. The molecule has 0 fully saturated rings. The van der Waals surface area contributed by atoms with Gasteiger partial charge in [-0.1, -0.05) is 78.1 Å². The van der Waals surface area contributed by atoms with Crippen molar-refractivity contribution in [2.45, 2.75) is 19.9 Å². The molecule has 5 heteroatoms. The minimum atomic E-state index is 0.0238. The van der Waals surface area contributed by atoms with E-state index in [0.29, 0.717) is 18.1 Å². The number of aromatic nitrogens is 1. The molecule has 0 N–H and O–H groups in total. The number of aryl methyl sites for hydroxylation is 1. The van der Waals surface area contributed by atoms with Crippen molar-refractivity contribution in [3.05, 3.63) is 89.5 Å². The van der Waals surface area contributed by atoms with Gasteiger partial charge in [-0.3, -0.25) is 9.69 Å². The monoisotopic (exact) mass is 402 g/mol. The first kappa shape index (κ1) is 19.2. The highest BCUT2D eigenvalue weighted by Gasteiger charge is 2.22. The fraction of sp³-hybridized carbons (Fsp3) is 0.167. The number of ether oxygens (including phenoxy) is 1. The summed E-state index contributed by atoms with van der Waals surface area (Å²) in [4.78, 5) is 19.9. The molecule has 1 amide bonds. The largest absolute Gasteiger partial charge is 0.494 e. The van der Waals surface area contributed by atoms with Gasteiger partial charge in [0.15, 0.2) is 5.13 Å². The Kier molecular flexibility index (Phi) is 5.58. The van der Waals surface area contributed by atoms with Crippen LogP contribution in [0.25, 0.3) is 10.2 Å². The second-order valence-corrected chi connectivity index (χ2v) is 7.86. The van der Waals surface area contributed by atoms with Crippen LogP contribution in [0.5, 0.6) is 5.75 Å². The van der Waals surface area contributed by atoms with E-state index >= 15 is 0 Å². The number of carbonyl (C=O) groups excluding carboxylic acids is 1. The molecule has 0 saturated carbocycles. The van der Waals surface area contributed by atoms with Gasteiger partial charge in [-0.15, -0.1) is 0 Å². The van der Waals surface area contributed by atoms with Gasteiger partial charge in [0.2, 0.25) is 5.91 Å². The molecule has 0 spiro atoms. The quantitative estimate of drug-likeness (QED) is 0.434. The maximum Gasteiger partial charge on any atom is 0.233 e. The third kappa shape index (κ3) is 4.15. The van der Waals surface area contributed by atoms with E-state index in [1.54, 1.807) is 12.0 Å². The lowest BCUT2D eigenvalue weighted by Gasteiger charge is -2.20. The van der Waals surface area contributed by atoms with E-state index < -0.39 is 0 Å². The van der Waals surface area contributed by atoms with Crippen LogP contribution in [0.2, 0.25) is 0 Å². The first-order chi connectivity index (χ1) is 14.2. The molecule has 29 heavy (non-hydrogen) atoms. The molecule has 0 aliphatic rings.